The highest BCUT2D eigenvalue weighted by Crippen LogP contribution is 2.19. The fraction of sp³-hybridized carbons (Fsp3) is 0.250. The summed E-state index contributed by atoms with van der Waals surface area (Å²) >= 11 is 0. The summed E-state index contributed by atoms with van der Waals surface area (Å²) in [5.74, 6) is -2.86. The third-order valence-electron chi connectivity index (χ3n) is 3.09. The molecule has 1 saturated heterocycles. The maximum absolute atomic E-state index is 13.2. The quantitative estimate of drug-likeness (QED) is 0.487. The summed E-state index contributed by atoms with van der Waals surface area (Å²) < 4.78 is 13.2. The van der Waals surface area contributed by atoms with Gasteiger partial charge in [-0.05, 0) is 12.1 Å². The van der Waals surface area contributed by atoms with E-state index in [1.165, 1.54) is 7.05 Å². The zero-order chi connectivity index (χ0) is 15.7. The number of carbonyl (C=O) groups is 3. The lowest BCUT2D eigenvalue weighted by molar-refractivity contribution is -0.387. The molecule has 0 saturated carbocycles. The lowest BCUT2D eigenvalue weighted by Crippen LogP contribution is -2.40. The number of imide groups is 1. The first-order chi connectivity index (χ1) is 9.81. The topological polar surface area (TPSA) is 110 Å². The van der Waals surface area contributed by atoms with E-state index in [1.54, 1.807) is 0 Å². The van der Waals surface area contributed by atoms with Crippen LogP contribution in [0.1, 0.15) is 16.8 Å². The van der Waals surface area contributed by atoms with Gasteiger partial charge in [-0.3, -0.25) is 29.4 Å². The predicted octanol–water partition coefficient (Wildman–Crippen LogP) is 0.221. The molecule has 1 heterocycles. The first-order valence-electron chi connectivity index (χ1n) is 5.86. The average Bonchev–Trinajstić information content (AvgIpc) is 2.66. The maximum atomic E-state index is 13.2. The molecule has 9 heteroatoms. The highest BCUT2D eigenvalue weighted by Gasteiger charge is 2.37. The van der Waals surface area contributed by atoms with Crippen LogP contribution >= 0.6 is 0 Å². The van der Waals surface area contributed by atoms with Crippen molar-refractivity contribution in [2.75, 3.05) is 7.05 Å². The first-order valence-corrected chi connectivity index (χ1v) is 5.86. The van der Waals surface area contributed by atoms with Crippen LogP contribution in [0.4, 0.5) is 10.1 Å². The molecule has 1 N–H and O–H groups in total. The number of hydrogen-bond donors (Lipinski definition) is 1. The molecule has 0 spiro atoms. The van der Waals surface area contributed by atoms with Gasteiger partial charge in [-0.2, -0.15) is 4.39 Å². The summed E-state index contributed by atoms with van der Waals surface area (Å²) in [6.07, 6.45) is -0.176. The van der Waals surface area contributed by atoms with E-state index in [4.69, 9.17) is 0 Å². The van der Waals surface area contributed by atoms with E-state index in [1.807, 2.05) is 0 Å². The van der Waals surface area contributed by atoms with Crippen molar-refractivity contribution >= 4 is 23.4 Å². The summed E-state index contributed by atoms with van der Waals surface area (Å²) in [6.45, 7) is 0. The van der Waals surface area contributed by atoms with Crippen LogP contribution in [0, 0.1) is 15.9 Å². The van der Waals surface area contributed by atoms with Crippen LogP contribution in [0.15, 0.2) is 18.2 Å². The number of nitrogens with one attached hydrogen (secondary N) is 1. The molecule has 1 aromatic rings. The van der Waals surface area contributed by atoms with Gasteiger partial charge in [0.15, 0.2) is 0 Å². The number of hydrogen-bond acceptors (Lipinski definition) is 5. The van der Waals surface area contributed by atoms with Crippen molar-refractivity contribution in [1.29, 1.82) is 0 Å². The average molecular weight is 295 g/mol. The number of benzene rings is 1. The molecule has 110 valence electrons. The first kappa shape index (κ1) is 14.6. The molecule has 1 aromatic carbocycles. The third-order valence-corrected chi connectivity index (χ3v) is 3.09. The number of likely N-dealkylation sites (N-methyl/N-ethyl adjacent to an activating group) is 1. The van der Waals surface area contributed by atoms with Crippen LogP contribution in [-0.4, -0.2) is 40.6 Å². The molecule has 1 fully saturated rings. The van der Waals surface area contributed by atoms with E-state index in [9.17, 15) is 28.9 Å². The van der Waals surface area contributed by atoms with E-state index in [-0.39, 0.29) is 12.0 Å². The Morgan fingerprint density at radius 2 is 2.14 bits per heavy atom. The second-order valence-electron chi connectivity index (χ2n) is 4.44. The number of rotatable bonds is 3. The highest BCUT2D eigenvalue weighted by molar-refractivity contribution is 6.08. The zero-order valence-electron chi connectivity index (χ0n) is 10.8. The standard InChI is InChI=1S/C12H10FN3O5/c1-15-10(17)5-8(12(15)19)14-11(18)6-2-3-7(13)9(4-6)16(20)21/h2-4,8H,5H2,1H3,(H,14,18). The van der Waals surface area contributed by atoms with Crippen LogP contribution in [0.5, 0.6) is 0 Å². The zero-order valence-corrected chi connectivity index (χ0v) is 10.8. The molecule has 1 unspecified atom stereocenters. The molecule has 1 aliphatic heterocycles. The normalized spacial score (nSPS) is 18.0. The van der Waals surface area contributed by atoms with Gasteiger partial charge in [-0.15, -0.1) is 0 Å². The van der Waals surface area contributed by atoms with E-state index in [0.717, 1.165) is 23.1 Å². The van der Waals surface area contributed by atoms with Crippen molar-refractivity contribution in [2.24, 2.45) is 0 Å². The van der Waals surface area contributed by atoms with Crippen molar-refractivity contribution in [3.63, 3.8) is 0 Å². The van der Waals surface area contributed by atoms with Gasteiger partial charge in [-0.1, -0.05) is 0 Å². The Balaban J connectivity index is 2.18. The molecular formula is C12H10FN3O5. The highest BCUT2D eigenvalue weighted by atomic mass is 19.1. The smallest absolute Gasteiger partial charge is 0.305 e. The molecule has 0 radical (unpaired) electrons. The largest absolute Gasteiger partial charge is 0.340 e. The Morgan fingerprint density at radius 3 is 2.67 bits per heavy atom. The van der Waals surface area contributed by atoms with Crippen molar-refractivity contribution < 1.29 is 23.7 Å². The van der Waals surface area contributed by atoms with Crippen LogP contribution in [-0.2, 0) is 9.59 Å². The van der Waals surface area contributed by atoms with E-state index in [2.05, 4.69) is 5.32 Å². The van der Waals surface area contributed by atoms with E-state index in [0.29, 0.717) is 0 Å². The van der Waals surface area contributed by atoms with Crippen molar-refractivity contribution in [2.45, 2.75) is 12.5 Å². The monoisotopic (exact) mass is 295 g/mol. The summed E-state index contributed by atoms with van der Waals surface area (Å²) in [6, 6.07) is 1.61. The third kappa shape index (κ3) is 2.71. The van der Waals surface area contributed by atoms with Crippen LogP contribution in [0.25, 0.3) is 0 Å². The van der Waals surface area contributed by atoms with Crippen LogP contribution in [0.3, 0.4) is 0 Å². The number of likely N-dealkylation sites (tertiary alicyclic amines) is 1. The summed E-state index contributed by atoms with van der Waals surface area (Å²) in [5, 5.41) is 12.9. The number of nitro groups is 1. The summed E-state index contributed by atoms with van der Waals surface area (Å²) in [5.41, 5.74) is -1.01. The second kappa shape index (κ2) is 5.27. The lowest BCUT2D eigenvalue weighted by Gasteiger charge is -2.11. The number of amides is 3. The van der Waals surface area contributed by atoms with Gasteiger partial charge >= 0.3 is 5.69 Å². The second-order valence-corrected chi connectivity index (χ2v) is 4.44. The maximum Gasteiger partial charge on any atom is 0.305 e. The minimum absolute atomic E-state index is 0.169. The Labute approximate surface area is 117 Å². The van der Waals surface area contributed by atoms with Gasteiger partial charge in [0.25, 0.3) is 11.8 Å². The van der Waals surface area contributed by atoms with Gasteiger partial charge in [0.1, 0.15) is 6.04 Å². The number of nitrogens with zero attached hydrogens (tertiary/aromatic N) is 2. The minimum atomic E-state index is -1.07. The van der Waals surface area contributed by atoms with E-state index < -0.39 is 40.2 Å². The van der Waals surface area contributed by atoms with Crippen LogP contribution in [0.2, 0.25) is 0 Å². The van der Waals surface area contributed by atoms with Crippen molar-refractivity contribution in [3.8, 4) is 0 Å². The fourth-order valence-electron chi connectivity index (χ4n) is 1.90. The van der Waals surface area contributed by atoms with Gasteiger partial charge in [0, 0.05) is 18.7 Å². The number of halogens is 1. The SMILES string of the molecule is CN1C(=O)CC(NC(=O)c2ccc(F)c([N+](=O)[O-])c2)C1=O. The Morgan fingerprint density at radius 1 is 1.48 bits per heavy atom. The Hall–Kier alpha value is -2.84. The lowest BCUT2D eigenvalue weighted by atomic mass is 10.1. The molecule has 21 heavy (non-hydrogen) atoms. The van der Waals surface area contributed by atoms with Gasteiger partial charge in [0.2, 0.25) is 11.7 Å². The number of nitro benzene ring substituents is 1. The molecule has 0 aromatic heterocycles. The molecule has 2 rings (SSSR count). The predicted molar refractivity (Wildman–Crippen MR) is 66.7 cm³/mol. The Kier molecular flexibility index (Phi) is 3.66. The van der Waals surface area contributed by atoms with Crippen molar-refractivity contribution in [1.82, 2.24) is 10.2 Å². The molecular weight excluding hydrogens is 285 g/mol. The van der Waals surface area contributed by atoms with Crippen LogP contribution < -0.4 is 5.32 Å². The molecule has 8 nitrogen and oxygen atoms in total. The fourth-order valence-corrected chi connectivity index (χ4v) is 1.90. The van der Waals surface area contributed by atoms with Crippen molar-refractivity contribution in [3.05, 3.63) is 39.7 Å². The molecule has 1 atom stereocenters. The summed E-state index contributed by atoms with van der Waals surface area (Å²) in [7, 11) is 1.29. The minimum Gasteiger partial charge on any atom is -0.340 e. The van der Waals surface area contributed by atoms with Gasteiger partial charge in [0.05, 0.1) is 11.3 Å². The Bertz CT molecular complexity index is 660. The number of carbonyl (C=O) groups excluding carboxylic acids is 3. The van der Waals surface area contributed by atoms with Gasteiger partial charge < -0.3 is 5.32 Å². The summed E-state index contributed by atoms with van der Waals surface area (Å²) in [4.78, 5) is 45.4. The molecule has 1 aliphatic rings. The van der Waals surface area contributed by atoms with Gasteiger partial charge in [-0.25, -0.2) is 0 Å². The molecule has 0 bridgehead atoms. The molecule has 3 amide bonds. The van der Waals surface area contributed by atoms with E-state index >= 15 is 0 Å². The molecule has 0 aliphatic carbocycles.